The number of rotatable bonds is 5. The number of hydrogen-bond acceptors (Lipinski definition) is 4. The van der Waals surface area contributed by atoms with Crippen molar-refractivity contribution >= 4 is 11.9 Å². The van der Waals surface area contributed by atoms with Crippen LogP contribution in [-0.2, 0) is 19.1 Å². The van der Waals surface area contributed by atoms with Crippen LogP contribution in [0.3, 0.4) is 0 Å². The molecule has 1 atom stereocenters. The van der Waals surface area contributed by atoms with E-state index in [4.69, 9.17) is 4.74 Å². The molecule has 3 bridgehead atoms. The van der Waals surface area contributed by atoms with Crippen LogP contribution in [0.25, 0.3) is 0 Å². The monoisotopic (exact) mass is 316 g/mol. The maximum Gasteiger partial charge on any atom is 0.376 e. The Balaban J connectivity index is 1.45. The first-order chi connectivity index (χ1) is 10.2. The SMILES string of the molecule is CC(F)(F)C(=O)OCCOC(=O)C12CC3CCCC(C3)(C1)C2. The molecule has 4 fully saturated rings. The van der Waals surface area contributed by atoms with Gasteiger partial charge in [-0.1, -0.05) is 12.8 Å². The van der Waals surface area contributed by atoms with Gasteiger partial charge in [0.05, 0.1) is 5.41 Å². The third kappa shape index (κ3) is 2.72. The Bertz CT molecular complexity index is 472. The van der Waals surface area contributed by atoms with E-state index in [0.29, 0.717) is 18.3 Å². The highest BCUT2D eigenvalue weighted by atomic mass is 19.3. The van der Waals surface area contributed by atoms with Crippen molar-refractivity contribution in [3.05, 3.63) is 0 Å². The Hall–Kier alpha value is -1.20. The van der Waals surface area contributed by atoms with Gasteiger partial charge >= 0.3 is 17.9 Å². The summed E-state index contributed by atoms with van der Waals surface area (Å²) in [5.74, 6) is -4.71. The van der Waals surface area contributed by atoms with Crippen molar-refractivity contribution in [1.82, 2.24) is 0 Å². The predicted octanol–water partition coefficient (Wildman–Crippen LogP) is 3.09. The molecular weight excluding hydrogens is 294 g/mol. The highest BCUT2D eigenvalue weighted by Gasteiger charge is 2.64. The molecule has 6 heteroatoms. The van der Waals surface area contributed by atoms with E-state index in [9.17, 15) is 18.4 Å². The first-order valence-electron chi connectivity index (χ1n) is 7.97. The predicted molar refractivity (Wildman–Crippen MR) is 73.2 cm³/mol. The van der Waals surface area contributed by atoms with Gasteiger partial charge in [0.25, 0.3) is 0 Å². The standard InChI is InChI=1S/C16H22F2O4/c1-14(17,18)12(19)21-5-6-22-13(20)16-8-11-3-2-4-15(7-11,9-16)10-16/h11H,2-10H2,1H3. The van der Waals surface area contributed by atoms with Crippen molar-refractivity contribution in [2.45, 2.75) is 57.8 Å². The second-order valence-electron chi connectivity index (χ2n) is 7.46. The maximum atomic E-state index is 12.6. The van der Waals surface area contributed by atoms with E-state index >= 15 is 0 Å². The van der Waals surface area contributed by atoms with Crippen LogP contribution in [0.15, 0.2) is 0 Å². The van der Waals surface area contributed by atoms with Crippen LogP contribution in [0.1, 0.15) is 51.9 Å². The molecule has 22 heavy (non-hydrogen) atoms. The minimum atomic E-state index is -3.51. The van der Waals surface area contributed by atoms with E-state index in [1.807, 2.05) is 0 Å². The summed E-state index contributed by atoms with van der Waals surface area (Å²) in [4.78, 5) is 23.2. The summed E-state index contributed by atoms with van der Waals surface area (Å²) in [7, 11) is 0. The molecule has 0 aromatic rings. The summed E-state index contributed by atoms with van der Waals surface area (Å²) in [5.41, 5.74) is -0.00103. The zero-order valence-corrected chi connectivity index (χ0v) is 12.8. The van der Waals surface area contributed by atoms with Crippen LogP contribution in [0.2, 0.25) is 0 Å². The van der Waals surface area contributed by atoms with Gasteiger partial charge < -0.3 is 9.47 Å². The second-order valence-corrected chi connectivity index (χ2v) is 7.46. The fourth-order valence-corrected chi connectivity index (χ4v) is 4.93. The first-order valence-corrected chi connectivity index (χ1v) is 7.97. The topological polar surface area (TPSA) is 52.6 Å². The number of ether oxygens (including phenoxy) is 2. The summed E-state index contributed by atoms with van der Waals surface area (Å²) in [6, 6.07) is 0. The zero-order chi connectivity index (χ0) is 16.0. The molecule has 0 radical (unpaired) electrons. The average molecular weight is 316 g/mol. The van der Waals surface area contributed by atoms with Crippen molar-refractivity contribution in [3.63, 3.8) is 0 Å². The molecule has 0 heterocycles. The van der Waals surface area contributed by atoms with Gasteiger partial charge in [0, 0.05) is 6.92 Å². The van der Waals surface area contributed by atoms with Crippen LogP contribution >= 0.6 is 0 Å². The number of carbonyl (C=O) groups is 2. The van der Waals surface area contributed by atoms with Gasteiger partial charge in [0.15, 0.2) is 0 Å². The van der Waals surface area contributed by atoms with Crippen molar-refractivity contribution in [1.29, 1.82) is 0 Å². The Morgan fingerprint density at radius 2 is 1.86 bits per heavy atom. The number of esters is 2. The third-order valence-electron chi connectivity index (χ3n) is 5.49. The lowest BCUT2D eigenvalue weighted by Crippen LogP contribution is -2.59. The van der Waals surface area contributed by atoms with Gasteiger partial charge in [-0.15, -0.1) is 0 Å². The quantitative estimate of drug-likeness (QED) is 0.578. The number of carbonyl (C=O) groups excluding carboxylic acids is 2. The molecule has 4 aliphatic rings. The minimum absolute atomic E-state index is 0.153. The Labute approximate surface area is 128 Å². The van der Waals surface area contributed by atoms with E-state index in [-0.39, 0.29) is 24.6 Å². The first kappa shape index (κ1) is 15.7. The Kier molecular flexibility index (Phi) is 3.68. The lowest BCUT2D eigenvalue weighted by molar-refractivity contribution is -0.198. The molecule has 0 saturated heterocycles. The van der Waals surface area contributed by atoms with Gasteiger partial charge in [-0.3, -0.25) is 4.79 Å². The highest BCUT2D eigenvalue weighted by molar-refractivity contribution is 5.79. The Morgan fingerprint density at radius 3 is 2.50 bits per heavy atom. The van der Waals surface area contributed by atoms with E-state index < -0.39 is 11.9 Å². The van der Waals surface area contributed by atoms with Crippen molar-refractivity contribution in [3.8, 4) is 0 Å². The molecule has 1 unspecified atom stereocenters. The van der Waals surface area contributed by atoms with Gasteiger partial charge in [0.2, 0.25) is 0 Å². The fourth-order valence-electron chi connectivity index (χ4n) is 4.93. The third-order valence-corrected chi connectivity index (χ3v) is 5.49. The zero-order valence-electron chi connectivity index (χ0n) is 12.8. The van der Waals surface area contributed by atoms with Crippen molar-refractivity contribution in [2.75, 3.05) is 13.2 Å². The van der Waals surface area contributed by atoms with Crippen LogP contribution in [0.4, 0.5) is 8.78 Å². The summed E-state index contributed by atoms with van der Waals surface area (Å²) in [6.45, 7) is 0.00757. The molecule has 0 N–H and O–H groups in total. The maximum absolute atomic E-state index is 12.6. The largest absolute Gasteiger partial charge is 0.462 e. The molecule has 4 aliphatic carbocycles. The second kappa shape index (κ2) is 5.17. The molecule has 124 valence electrons. The average Bonchev–Trinajstić information content (AvgIpc) is 2.40. The van der Waals surface area contributed by atoms with E-state index in [2.05, 4.69) is 4.74 Å². The van der Waals surface area contributed by atoms with Crippen LogP contribution in [0, 0.1) is 16.7 Å². The summed E-state index contributed by atoms with van der Waals surface area (Å²) in [5, 5.41) is 0. The number of halogens is 2. The highest BCUT2D eigenvalue weighted by Crippen LogP contribution is 2.70. The molecule has 0 amide bonds. The van der Waals surface area contributed by atoms with E-state index in [1.165, 1.54) is 25.7 Å². The van der Waals surface area contributed by atoms with Crippen molar-refractivity contribution < 1.29 is 27.8 Å². The fraction of sp³-hybridized carbons (Fsp3) is 0.875. The van der Waals surface area contributed by atoms with Gasteiger partial charge in [-0.25, -0.2) is 4.79 Å². The van der Waals surface area contributed by atoms with Gasteiger partial charge in [-0.05, 0) is 43.4 Å². The van der Waals surface area contributed by atoms with Gasteiger partial charge in [0.1, 0.15) is 13.2 Å². The molecule has 4 saturated carbocycles. The molecule has 4 rings (SSSR count). The minimum Gasteiger partial charge on any atom is -0.462 e. The molecule has 0 aliphatic heterocycles. The lowest BCUT2D eigenvalue weighted by atomic mass is 9.40. The van der Waals surface area contributed by atoms with Crippen LogP contribution in [0.5, 0.6) is 0 Å². The van der Waals surface area contributed by atoms with Crippen molar-refractivity contribution in [2.24, 2.45) is 16.7 Å². The smallest absolute Gasteiger partial charge is 0.376 e. The van der Waals surface area contributed by atoms with E-state index in [1.54, 1.807) is 0 Å². The van der Waals surface area contributed by atoms with Crippen LogP contribution < -0.4 is 0 Å². The molecular formula is C16H22F2O4. The van der Waals surface area contributed by atoms with Gasteiger partial charge in [-0.2, -0.15) is 8.78 Å². The van der Waals surface area contributed by atoms with E-state index in [0.717, 1.165) is 19.3 Å². The Morgan fingerprint density at radius 1 is 1.18 bits per heavy atom. The molecule has 0 aromatic heterocycles. The summed E-state index contributed by atoms with van der Waals surface area (Å²) >= 11 is 0. The normalized spacial score (nSPS) is 36.2. The molecule has 0 aromatic carbocycles. The molecule has 1 spiro atoms. The molecule has 4 nitrogen and oxygen atoms in total. The summed E-state index contributed by atoms with van der Waals surface area (Å²) in [6.07, 6.45) is 7.61. The number of hydrogen-bond donors (Lipinski definition) is 0. The van der Waals surface area contributed by atoms with Crippen LogP contribution in [-0.4, -0.2) is 31.1 Å². The number of alkyl halides is 2. The summed E-state index contributed by atoms with van der Waals surface area (Å²) < 4.78 is 34.8. The lowest BCUT2D eigenvalue weighted by Gasteiger charge is -2.63.